The zero-order valence-electron chi connectivity index (χ0n) is 14.8. The van der Waals surface area contributed by atoms with Gasteiger partial charge in [-0.25, -0.2) is 0 Å². The van der Waals surface area contributed by atoms with Crippen molar-refractivity contribution in [1.29, 1.82) is 0 Å². The van der Waals surface area contributed by atoms with E-state index in [2.05, 4.69) is 33.3 Å². The van der Waals surface area contributed by atoms with Crippen LogP contribution in [0.5, 0.6) is 0 Å². The van der Waals surface area contributed by atoms with Gasteiger partial charge in [-0.05, 0) is 30.3 Å². The number of rotatable bonds is 2. The summed E-state index contributed by atoms with van der Waals surface area (Å²) in [5, 5.41) is 3.43. The smallest absolute Gasteiger partial charge is 0.262 e. The lowest BCUT2D eigenvalue weighted by atomic mass is 10.1. The summed E-state index contributed by atoms with van der Waals surface area (Å²) in [7, 11) is 5.87. The highest BCUT2D eigenvalue weighted by molar-refractivity contribution is 6.33. The van der Waals surface area contributed by atoms with Gasteiger partial charge >= 0.3 is 0 Å². The zero-order valence-corrected chi connectivity index (χ0v) is 14.8. The first-order valence-electron chi connectivity index (χ1n) is 8.48. The van der Waals surface area contributed by atoms with Crippen LogP contribution in [-0.4, -0.2) is 40.1 Å². The molecule has 1 saturated heterocycles. The number of amides is 1. The molecule has 5 heteroatoms. The lowest BCUT2D eigenvalue weighted by Gasteiger charge is -2.21. The minimum absolute atomic E-state index is 0.0382. The largest absolute Gasteiger partial charge is 0.378 e. The summed E-state index contributed by atoms with van der Waals surface area (Å²) in [5.41, 5.74) is 4.89. The number of para-hydroxylation sites is 1. The maximum absolute atomic E-state index is 13.0. The molecule has 0 atom stereocenters. The van der Waals surface area contributed by atoms with Crippen molar-refractivity contribution in [2.75, 3.05) is 48.9 Å². The van der Waals surface area contributed by atoms with E-state index in [4.69, 9.17) is 0 Å². The number of hydrogen-bond acceptors (Lipinski definition) is 4. The molecule has 1 fully saturated rings. The maximum Gasteiger partial charge on any atom is 0.262 e. The second kappa shape index (κ2) is 5.84. The molecule has 0 spiro atoms. The molecule has 0 radical (unpaired) electrons. The monoisotopic (exact) mass is 334 g/mol. The Balaban J connectivity index is 1.89. The van der Waals surface area contributed by atoms with Gasteiger partial charge in [0.05, 0.1) is 11.3 Å². The number of benzene rings is 2. The zero-order chi connectivity index (χ0) is 17.6. The Hall–Kier alpha value is -2.95. The third kappa shape index (κ3) is 2.43. The predicted octanol–water partition coefficient (Wildman–Crippen LogP) is 2.51. The summed E-state index contributed by atoms with van der Waals surface area (Å²) < 4.78 is 0. The van der Waals surface area contributed by atoms with Gasteiger partial charge in [0.2, 0.25) is 0 Å². The standard InChI is InChI=1S/C20H22N4O/c1-22(2)15-9-10-17-16(13-15)18(20(25)23(17)3)19-21-11-12-24(19)14-7-5-4-6-8-14/h4-10,13,21H,11-12H2,1-3H3/b19-18+. The van der Waals surface area contributed by atoms with Gasteiger partial charge in [-0.1, -0.05) is 18.2 Å². The topological polar surface area (TPSA) is 38.8 Å². The first kappa shape index (κ1) is 15.6. The van der Waals surface area contributed by atoms with Gasteiger partial charge in [0, 0.05) is 51.2 Å². The summed E-state index contributed by atoms with van der Waals surface area (Å²) in [6, 6.07) is 16.4. The number of carbonyl (C=O) groups excluding carboxylic acids is 1. The molecule has 2 aliphatic heterocycles. The first-order valence-corrected chi connectivity index (χ1v) is 8.48. The third-order valence-electron chi connectivity index (χ3n) is 4.85. The van der Waals surface area contributed by atoms with E-state index >= 15 is 0 Å². The molecule has 1 N–H and O–H groups in total. The highest BCUT2D eigenvalue weighted by Crippen LogP contribution is 2.40. The quantitative estimate of drug-likeness (QED) is 0.857. The van der Waals surface area contributed by atoms with E-state index < -0.39 is 0 Å². The molecule has 25 heavy (non-hydrogen) atoms. The van der Waals surface area contributed by atoms with Crippen molar-refractivity contribution >= 4 is 28.5 Å². The van der Waals surface area contributed by atoms with Crippen molar-refractivity contribution in [2.24, 2.45) is 0 Å². The summed E-state index contributed by atoms with van der Waals surface area (Å²) in [5.74, 6) is 0.939. The molecule has 4 rings (SSSR count). The van der Waals surface area contributed by atoms with Crippen LogP contribution >= 0.6 is 0 Å². The van der Waals surface area contributed by atoms with Crippen molar-refractivity contribution in [1.82, 2.24) is 5.32 Å². The van der Waals surface area contributed by atoms with E-state index in [0.717, 1.165) is 47.1 Å². The van der Waals surface area contributed by atoms with Crippen LogP contribution in [0.1, 0.15) is 5.56 Å². The molecule has 0 aromatic heterocycles. The molecule has 0 aliphatic carbocycles. The fourth-order valence-electron chi connectivity index (χ4n) is 3.50. The van der Waals surface area contributed by atoms with Crippen molar-refractivity contribution in [2.45, 2.75) is 0 Å². The van der Waals surface area contributed by atoms with E-state index in [9.17, 15) is 4.79 Å². The minimum Gasteiger partial charge on any atom is -0.378 e. The molecule has 2 aliphatic rings. The maximum atomic E-state index is 13.0. The van der Waals surface area contributed by atoms with Crippen LogP contribution in [-0.2, 0) is 4.79 Å². The van der Waals surface area contributed by atoms with Gasteiger partial charge in [-0.15, -0.1) is 0 Å². The Morgan fingerprint density at radius 2 is 1.84 bits per heavy atom. The fraction of sp³-hybridized carbons (Fsp3) is 0.250. The fourth-order valence-corrected chi connectivity index (χ4v) is 3.50. The minimum atomic E-state index is 0.0382. The summed E-state index contributed by atoms with van der Waals surface area (Å²) in [6.07, 6.45) is 0. The number of carbonyl (C=O) groups is 1. The third-order valence-corrected chi connectivity index (χ3v) is 4.85. The first-order chi connectivity index (χ1) is 12.1. The molecule has 0 saturated carbocycles. The van der Waals surface area contributed by atoms with Crippen LogP contribution in [0.15, 0.2) is 54.4 Å². The molecule has 128 valence electrons. The van der Waals surface area contributed by atoms with Gasteiger partial charge in [-0.2, -0.15) is 0 Å². The Bertz CT molecular complexity index is 857. The summed E-state index contributed by atoms with van der Waals surface area (Å²) >= 11 is 0. The van der Waals surface area contributed by atoms with Crippen LogP contribution in [0.3, 0.4) is 0 Å². The number of anilines is 3. The highest BCUT2D eigenvalue weighted by Gasteiger charge is 2.36. The Morgan fingerprint density at radius 1 is 1.08 bits per heavy atom. The SMILES string of the molecule is CN(C)c1ccc2c(c1)/C(=C1/NCCN1c1ccccc1)C(=O)N2C. The van der Waals surface area contributed by atoms with E-state index in [-0.39, 0.29) is 5.91 Å². The van der Waals surface area contributed by atoms with Crippen LogP contribution in [0, 0.1) is 0 Å². The van der Waals surface area contributed by atoms with Crippen molar-refractivity contribution in [3.8, 4) is 0 Å². The van der Waals surface area contributed by atoms with Crippen molar-refractivity contribution < 1.29 is 4.79 Å². The summed E-state index contributed by atoms with van der Waals surface area (Å²) in [4.78, 5) is 19.0. The number of hydrogen-bond donors (Lipinski definition) is 1. The van der Waals surface area contributed by atoms with Gasteiger partial charge in [0.25, 0.3) is 5.91 Å². The number of fused-ring (bicyclic) bond motifs is 1. The lowest BCUT2D eigenvalue weighted by molar-refractivity contribution is -0.112. The second-order valence-electron chi connectivity index (χ2n) is 6.60. The van der Waals surface area contributed by atoms with Crippen LogP contribution in [0.4, 0.5) is 17.1 Å². The van der Waals surface area contributed by atoms with Gasteiger partial charge < -0.3 is 20.0 Å². The van der Waals surface area contributed by atoms with E-state index in [0.29, 0.717) is 0 Å². The van der Waals surface area contributed by atoms with Crippen LogP contribution in [0.25, 0.3) is 5.57 Å². The molecule has 5 nitrogen and oxygen atoms in total. The van der Waals surface area contributed by atoms with Crippen molar-refractivity contribution in [3.63, 3.8) is 0 Å². The van der Waals surface area contributed by atoms with Gasteiger partial charge in [-0.3, -0.25) is 4.79 Å². The molecule has 2 heterocycles. The van der Waals surface area contributed by atoms with E-state index in [1.807, 2.05) is 51.5 Å². The van der Waals surface area contributed by atoms with E-state index in [1.165, 1.54) is 0 Å². The van der Waals surface area contributed by atoms with Crippen molar-refractivity contribution in [3.05, 3.63) is 59.9 Å². The molecule has 0 bridgehead atoms. The normalized spacial score (nSPS) is 19.2. The Kier molecular flexibility index (Phi) is 3.64. The molecular formula is C20H22N4O. The highest BCUT2D eigenvalue weighted by atomic mass is 16.2. The van der Waals surface area contributed by atoms with Gasteiger partial charge in [0.15, 0.2) is 0 Å². The molecule has 0 unspecified atom stereocenters. The predicted molar refractivity (Wildman–Crippen MR) is 103 cm³/mol. The Morgan fingerprint density at radius 3 is 2.56 bits per heavy atom. The second-order valence-corrected chi connectivity index (χ2v) is 6.60. The Labute approximate surface area is 148 Å². The molecule has 2 aromatic carbocycles. The lowest BCUT2D eigenvalue weighted by Crippen LogP contribution is -2.26. The molecule has 2 aromatic rings. The van der Waals surface area contributed by atoms with Gasteiger partial charge in [0.1, 0.15) is 5.82 Å². The number of nitrogens with zero attached hydrogens (tertiary/aromatic N) is 3. The molecular weight excluding hydrogens is 312 g/mol. The summed E-state index contributed by atoms with van der Waals surface area (Å²) in [6.45, 7) is 1.68. The number of likely N-dealkylation sites (N-methyl/N-ethyl adjacent to an activating group) is 1. The number of nitrogens with one attached hydrogen (secondary N) is 1. The van der Waals surface area contributed by atoms with Crippen LogP contribution < -0.4 is 20.0 Å². The van der Waals surface area contributed by atoms with Crippen LogP contribution in [0.2, 0.25) is 0 Å². The molecule has 1 amide bonds. The van der Waals surface area contributed by atoms with E-state index in [1.54, 1.807) is 4.90 Å². The average Bonchev–Trinajstić information content (AvgIpc) is 3.19. The average molecular weight is 334 g/mol.